The number of thioether (sulfide) groups is 2. The zero-order chi connectivity index (χ0) is 18.7. The summed E-state index contributed by atoms with van der Waals surface area (Å²) >= 11 is 2.99. The van der Waals surface area contributed by atoms with Gasteiger partial charge in [-0.05, 0) is 17.7 Å². The fourth-order valence-corrected chi connectivity index (χ4v) is 5.44. The summed E-state index contributed by atoms with van der Waals surface area (Å²) in [5.74, 6) is -0.309. The maximum atomic E-state index is 12.5. The van der Waals surface area contributed by atoms with E-state index in [1.54, 1.807) is 0 Å². The predicted molar refractivity (Wildman–Crippen MR) is 103 cm³/mol. The van der Waals surface area contributed by atoms with Gasteiger partial charge < -0.3 is 10.4 Å². The van der Waals surface area contributed by atoms with Crippen molar-refractivity contribution in [3.63, 3.8) is 0 Å². The van der Waals surface area contributed by atoms with Gasteiger partial charge in [0.1, 0.15) is 17.1 Å². The lowest BCUT2D eigenvalue weighted by atomic mass is 10.0. The van der Waals surface area contributed by atoms with Crippen LogP contribution in [-0.4, -0.2) is 50.7 Å². The van der Waals surface area contributed by atoms with Crippen molar-refractivity contribution in [2.24, 2.45) is 0 Å². The van der Waals surface area contributed by atoms with Crippen LogP contribution in [-0.2, 0) is 20.8 Å². The van der Waals surface area contributed by atoms with Crippen LogP contribution < -0.4 is 5.32 Å². The standard InChI is InChI=1S/C18H20N2O4S2/c1-2-8-25-12-10-26-17-14(16(22)20(17)15(12)18(23)24)19-13(21)9-11-6-4-3-5-7-11/h3-7,14,17H,2,8-10H2,1H3,(H,19,21)(H,23,24)/t14?,17-/m0/s1. The average molecular weight is 393 g/mol. The van der Waals surface area contributed by atoms with Crippen molar-refractivity contribution in [3.05, 3.63) is 46.5 Å². The predicted octanol–water partition coefficient (Wildman–Crippen LogP) is 2.07. The maximum absolute atomic E-state index is 12.5. The molecule has 0 spiro atoms. The maximum Gasteiger partial charge on any atom is 0.353 e. The number of carboxylic acid groups (broad SMARTS) is 1. The number of fused-ring (bicyclic) bond motifs is 1. The van der Waals surface area contributed by atoms with Gasteiger partial charge in [0.2, 0.25) is 5.91 Å². The highest BCUT2D eigenvalue weighted by molar-refractivity contribution is 8.06. The van der Waals surface area contributed by atoms with Gasteiger partial charge in [-0.1, -0.05) is 37.3 Å². The zero-order valence-corrected chi connectivity index (χ0v) is 15.9. The molecule has 2 heterocycles. The van der Waals surface area contributed by atoms with Gasteiger partial charge in [-0.2, -0.15) is 0 Å². The Bertz CT molecular complexity index is 751. The molecule has 2 amide bonds. The molecule has 1 aromatic carbocycles. The Labute approximate surface area is 160 Å². The molecular formula is C18H20N2O4S2. The van der Waals surface area contributed by atoms with Crippen LogP contribution in [0.3, 0.4) is 0 Å². The van der Waals surface area contributed by atoms with E-state index in [-0.39, 0.29) is 29.3 Å². The van der Waals surface area contributed by atoms with Crippen LogP contribution in [0.15, 0.2) is 40.9 Å². The van der Waals surface area contributed by atoms with E-state index in [1.807, 2.05) is 37.3 Å². The highest BCUT2D eigenvalue weighted by Crippen LogP contribution is 2.43. The van der Waals surface area contributed by atoms with E-state index in [4.69, 9.17) is 0 Å². The lowest BCUT2D eigenvalue weighted by molar-refractivity contribution is -0.150. The molecule has 0 saturated carbocycles. The Morgan fingerprint density at radius 3 is 2.73 bits per heavy atom. The SMILES string of the molecule is CCCSC1=C(C(=O)O)N2C(=O)C(NC(=O)Cc3ccccc3)[C@@H]2SC1. The average Bonchev–Trinajstić information content (AvgIpc) is 2.64. The van der Waals surface area contributed by atoms with Gasteiger partial charge in [-0.25, -0.2) is 4.79 Å². The summed E-state index contributed by atoms with van der Waals surface area (Å²) < 4.78 is 0. The fraction of sp³-hybridized carbons (Fsp3) is 0.389. The lowest BCUT2D eigenvalue weighted by Crippen LogP contribution is -2.70. The second-order valence-electron chi connectivity index (χ2n) is 6.04. The van der Waals surface area contributed by atoms with Crippen molar-refractivity contribution < 1.29 is 19.5 Å². The van der Waals surface area contributed by atoms with Crippen molar-refractivity contribution in [1.29, 1.82) is 0 Å². The summed E-state index contributed by atoms with van der Waals surface area (Å²) in [5.41, 5.74) is 0.944. The topological polar surface area (TPSA) is 86.7 Å². The van der Waals surface area contributed by atoms with E-state index in [0.717, 1.165) is 22.6 Å². The van der Waals surface area contributed by atoms with Crippen LogP contribution in [0, 0.1) is 0 Å². The lowest BCUT2D eigenvalue weighted by Gasteiger charge is -2.49. The van der Waals surface area contributed by atoms with Crippen LogP contribution in [0.1, 0.15) is 18.9 Å². The van der Waals surface area contributed by atoms with Crippen LogP contribution in [0.25, 0.3) is 0 Å². The summed E-state index contributed by atoms with van der Waals surface area (Å²) in [7, 11) is 0. The minimum absolute atomic E-state index is 0.0748. The van der Waals surface area contributed by atoms with Gasteiger partial charge in [-0.15, -0.1) is 23.5 Å². The molecule has 138 valence electrons. The third kappa shape index (κ3) is 3.76. The molecule has 3 rings (SSSR count). The largest absolute Gasteiger partial charge is 0.477 e. The number of carbonyl (C=O) groups excluding carboxylic acids is 2. The summed E-state index contributed by atoms with van der Waals surface area (Å²) in [5, 5.41) is 12.0. The molecule has 8 heteroatoms. The molecule has 0 radical (unpaired) electrons. The van der Waals surface area contributed by atoms with E-state index in [9.17, 15) is 19.5 Å². The Hall–Kier alpha value is -1.93. The van der Waals surface area contributed by atoms with Gasteiger partial charge in [0, 0.05) is 10.7 Å². The Morgan fingerprint density at radius 1 is 1.35 bits per heavy atom. The molecule has 1 unspecified atom stereocenters. The van der Waals surface area contributed by atoms with Crippen molar-refractivity contribution in [2.45, 2.75) is 31.2 Å². The van der Waals surface area contributed by atoms with Gasteiger partial charge in [-0.3, -0.25) is 14.5 Å². The van der Waals surface area contributed by atoms with Crippen LogP contribution in [0.5, 0.6) is 0 Å². The van der Waals surface area contributed by atoms with Gasteiger partial charge in [0.15, 0.2) is 0 Å². The Kier molecular flexibility index (Phi) is 5.93. The monoisotopic (exact) mass is 392 g/mol. The van der Waals surface area contributed by atoms with E-state index in [1.165, 1.54) is 28.4 Å². The highest BCUT2D eigenvalue weighted by atomic mass is 32.2. The highest BCUT2D eigenvalue weighted by Gasteiger charge is 2.54. The number of carbonyl (C=O) groups is 3. The number of nitrogens with zero attached hydrogens (tertiary/aromatic N) is 1. The molecule has 0 bridgehead atoms. The second-order valence-corrected chi connectivity index (χ2v) is 8.34. The first-order valence-electron chi connectivity index (χ1n) is 8.40. The molecule has 0 aliphatic carbocycles. The molecule has 1 aromatic rings. The van der Waals surface area contributed by atoms with Crippen LogP contribution in [0.2, 0.25) is 0 Å². The summed E-state index contributed by atoms with van der Waals surface area (Å²) in [6.45, 7) is 2.03. The van der Waals surface area contributed by atoms with Crippen molar-refractivity contribution in [3.8, 4) is 0 Å². The third-order valence-electron chi connectivity index (χ3n) is 4.14. The van der Waals surface area contributed by atoms with E-state index in [0.29, 0.717) is 5.75 Å². The smallest absolute Gasteiger partial charge is 0.353 e. The zero-order valence-electron chi connectivity index (χ0n) is 14.3. The number of aliphatic carboxylic acids is 1. The summed E-state index contributed by atoms with van der Waals surface area (Å²) in [6, 6.07) is 8.63. The van der Waals surface area contributed by atoms with Crippen LogP contribution >= 0.6 is 23.5 Å². The normalized spacial score (nSPS) is 21.9. The first-order chi connectivity index (χ1) is 12.5. The number of rotatable bonds is 7. The summed E-state index contributed by atoms with van der Waals surface area (Å²) in [6.07, 6.45) is 1.13. The van der Waals surface area contributed by atoms with E-state index >= 15 is 0 Å². The molecule has 1 fully saturated rings. The van der Waals surface area contributed by atoms with Crippen LogP contribution in [0.4, 0.5) is 0 Å². The molecule has 0 aromatic heterocycles. The third-order valence-corrected chi connectivity index (χ3v) is 6.90. The van der Waals surface area contributed by atoms with Gasteiger partial charge in [0.05, 0.1) is 6.42 Å². The second kappa shape index (κ2) is 8.18. The quantitative estimate of drug-likeness (QED) is 0.691. The Morgan fingerprint density at radius 2 is 2.08 bits per heavy atom. The molecule has 1 saturated heterocycles. The van der Waals surface area contributed by atoms with Gasteiger partial charge >= 0.3 is 5.97 Å². The molecular weight excluding hydrogens is 372 g/mol. The molecule has 26 heavy (non-hydrogen) atoms. The summed E-state index contributed by atoms with van der Waals surface area (Å²) in [4.78, 5) is 38.5. The minimum Gasteiger partial charge on any atom is -0.477 e. The number of carboxylic acids is 1. The molecule has 2 atom stereocenters. The number of nitrogens with one attached hydrogen (secondary N) is 1. The van der Waals surface area contributed by atoms with Gasteiger partial charge in [0.25, 0.3) is 5.91 Å². The number of hydrogen-bond donors (Lipinski definition) is 2. The minimum atomic E-state index is -1.09. The molecule has 2 aliphatic heterocycles. The fourth-order valence-electron chi connectivity index (χ4n) is 2.93. The first kappa shape index (κ1) is 18.8. The first-order valence-corrected chi connectivity index (χ1v) is 10.4. The van der Waals surface area contributed by atoms with Crippen molar-refractivity contribution in [2.75, 3.05) is 11.5 Å². The number of amides is 2. The molecule has 2 aliphatic rings. The number of β-lactam (4-membered cyclic amide) rings is 1. The van der Waals surface area contributed by atoms with E-state index in [2.05, 4.69) is 5.32 Å². The van der Waals surface area contributed by atoms with Crippen molar-refractivity contribution >= 4 is 41.3 Å². The van der Waals surface area contributed by atoms with Crippen molar-refractivity contribution in [1.82, 2.24) is 10.2 Å². The Balaban J connectivity index is 1.68. The number of benzene rings is 1. The molecule has 6 nitrogen and oxygen atoms in total. The number of hydrogen-bond acceptors (Lipinski definition) is 5. The van der Waals surface area contributed by atoms with E-state index < -0.39 is 12.0 Å². The molecule has 2 N–H and O–H groups in total.